The molecule has 0 N–H and O–H groups in total. The van der Waals surface area contributed by atoms with Crippen LogP contribution in [0.15, 0.2) is 40.9 Å². The number of rotatable bonds is 6. The number of carbonyl (C=O) groups excluding carboxylic acids is 1. The van der Waals surface area contributed by atoms with Crippen molar-refractivity contribution in [3.8, 4) is 0 Å². The monoisotopic (exact) mass is 339 g/mol. The second-order valence-electron chi connectivity index (χ2n) is 6.74. The fourth-order valence-corrected chi connectivity index (χ4v) is 3.08. The lowest BCUT2D eigenvalue weighted by molar-refractivity contribution is -0.132. The van der Waals surface area contributed by atoms with Crippen LogP contribution in [-0.4, -0.2) is 27.5 Å². The highest BCUT2D eigenvalue weighted by molar-refractivity contribution is 5.77. The van der Waals surface area contributed by atoms with Crippen LogP contribution in [0.2, 0.25) is 0 Å². The fraction of sp³-hybridized carbons (Fsp3) is 0.450. The molecule has 1 aromatic carbocycles. The van der Waals surface area contributed by atoms with Gasteiger partial charge in [-0.3, -0.25) is 4.79 Å². The molecule has 3 rings (SSSR count). The van der Waals surface area contributed by atoms with Gasteiger partial charge >= 0.3 is 0 Å². The third kappa shape index (κ3) is 4.35. The Morgan fingerprint density at radius 2 is 2.16 bits per heavy atom. The molecule has 1 aliphatic rings. The molecule has 5 nitrogen and oxygen atoms in total. The first-order chi connectivity index (χ1) is 12.1. The summed E-state index contributed by atoms with van der Waals surface area (Å²) in [5.41, 5.74) is 1.15. The molecular weight excluding hydrogens is 314 g/mol. The van der Waals surface area contributed by atoms with E-state index in [-0.39, 0.29) is 17.9 Å². The van der Waals surface area contributed by atoms with Crippen molar-refractivity contribution in [2.75, 3.05) is 6.54 Å². The first-order valence-corrected chi connectivity index (χ1v) is 8.99. The Morgan fingerprint density at radius 3 is 2.88 bits per heavy atom. The van der Waals surface area contributed by atoms with Gasteiger partial charge in [0.1, 0.15) is 0 Å². The minimum absolute atomic E-state index is 0.0400. The molecule has 0 saturated carbocycles. The van der Waals surface area contributed by atoms with E-state index in [1.54, 1.807) is 0 Å². The van der Waals surface area contributed by atoms with Gasteiger partial charge in [-0.25, -0.2) is 0 Å². The van der Waals surface area contributed by atoms with E-state index in [1.165, 1.54) is 0 Å². The van der Waals surface area contributed by atoms with Crippen molar-refractivity contribution in [2.24, 2.45) is 0 Å². The van der Waals surface area contributed by atoms with Crippen molar-refractivity contribution in [1.82, 2.24) is 15.0 Å². The Balaban J connectivity index is 1.56. The van der Waals surface area contributed by atoms with Gasteiger partial charge in [0, 0.05) is 18.9 Å². The number of hydrogen-bond donors (Lipinski definition) is 0. The van der Waals surface area contributed by atoms with E-state index in [2.05, 4.69) is 34.4 Å². The number of carbonyl (C=O) groups is 1. The van der Waals surface area contributed by atoms with Gasteiger partial charge in [0.05, 0.1) is 6.04 Å². The van der Waals surface area contributed by atoms with Crippen LogP contribution in [0.25, 0.3) is 6.08 Å². The van der Waals surface area contributed by atoms with Crippen LogP contribution < -0.4 is 0 Å². The number of aromatic nitrogens is 2. The number of likely N-dealkylation sites (tertiary alicyclic amines) is 1. The number of benzene rings is 1. The van der Waals surface area contributed by atoms with Crippen LogP contribution in [0.4, 0.5) is 0 Å². The molecule has 1 amide bonds. The van der Waals surface area contributed by atoms with E-state index in [4.69, 9.17) is 4.52 Å². The lowest BCUT2D eigenvalue weighted by Crippen LogP contribution is -2.30. The van der Waals surface area contributed by atoms with E-state index in [0.29, 0.717) is 18.1 Å². The highest BCUT2D eigenvalue weighted by Crippen LogP contribution is 2.31. The van der Waals surface area contributed by atoms with Crippen LogP contribution in [0.3, 0.4) is 0 Å². The van der Waals surface area contributed by atoms with Crippen molar-refractivity contribution < 1.29 is 9.32 Å². The third-order valence-corrected chi connectivity index (χ3v) is 4.46. The smallest absolute Gasteiger partial charge is 0.229 e. The first-order valence-electron chi connectivity index (χ1n) is 8.99. The van der Waals surface area contributed by atoms with Crippen molar-refractivity contribution in [3.63, 3.8) is 0 Å². The molecule has 2 heterocycles. The van der Waals surface area contributed by atoms with Gasteiger partial charge in [-0.15, -0.1) is 0 Å². The lowest BCUT2D eigenvalue weighted by Gasteiger charge is -2.22. The molecule has 25 heavy (non-hydrogen) atoms. The van der Waals surface area contributed by atoms with Crippen LogP contribution in [0, 0.1) is 0 Å². The molecule has 0 spiro atoms. The van der Waals surface area contributed by atoms with E-state index in [9.17, 15) is 4.79 Å². The summed E-state index contributed by atoms with van der Waals surface area (Å²) < 4.78 is 5.30. The van der Waals surface area contributed by atoms with Gasteiger partial charge in [-0.1, -0.05) is 61.5 Å². The molecule has 0 radical (unpaired) electrons. The molecule has 5 heteroatoms. The molecule has 0 bridgehead atoms. The summed E-state index contributed by atoms with van der Waals surface area (Å²) in [5, 5.41) is 4.09. The van der Waals surface area contributed by atoms with Crippen LogP contribution in [-0.2, 0) is 4.79 Å². The van der Waals surface area contributed by atoms with E-state index in [1.807, 2.05) is 36.9 Å². The summed E-state index contributed by atoms with van der Waals surface area (Å²) in [6.45, 7) is 4.82. The van der Waals surface area contributed by atoms with Crippen molar-refractivity contribution in [1.29, 1.82) is 0 Å². The maximum atomic E-state index is 12.6. The zero-order valence-electron chi connectivity index (χ0n) is 14.9. The van der Waals surface area contributed by atoms with E-state index < -0.39 is 0 Å². The number of amides is 1. The number of hydrogen-bond acceptors (Lipinski definition) is 4. The normalized spacial score (nSPS) is 17.7. The molecule has 2 aromatic rings. The molecule has 1 atom stereocenters. The SMILES string of the molecule is CC(C)c1nc([C@@H]2CCCN2C(=O)CC/C=C/c2ccccc2)no1. The quantitative estimate of drug-likeness (QED) is 0.785. The van der Waals surface area contributed by atoms with Gasteiger partial charge in [0.25, 0.3) is 0 Å². The van der Waals surface area contributed by atoms with Crippen molar-refractivity contribution in [2.45, 2.75) is 51.5 Å². The molecule has 0 aliphatic carbocycles. The summed E-state index contributed by atoms with van der Waals surface area (Å²) in [4.78, 5) is 19.0. The molecule has 1 aromatic heterocycles. The van der Waals surface area contributed by atoms with Crippen LogP contribution >= 0.6 is 0 Å². The maximum Gasteiger partial charge on any atom is 0.229 e. The van der Waals surface area contributed by atoms with Gasteiger partial charge in [0.2, 0.25) is 11.8 Å². The van der Waals surface area contributed by atoms with Gasteiger partial charge in [0.15, 0.2) is 5.82 Å². The Kier molecular flexibility index (Phi) is 5.64. The molecule has 1 saturated heterocycles. The zero-order chi connectivity index (χ0) is 17.6. The lowest BCUT2D eigenvalue weighted by atomic mass is 10.1. The van der Waals surface area contributed by atoms with Crippen molar-refractivity contribution in [3.05, 3.63) is 53.7 Å². The van der Waals surface area contributed by atoms with Gasteiger partial charge in [-0.2, -0.15) is 4.98 Å². The number of nitrogens with zero attached hydrogens (tertiary/aromatic N) is 3. The Labute approximate surface area is 148 Å². The minimum atomic E-state index is -0.0400. The highest BCUT2D eigenvalue weighted by Gasteiger charge is 2.33. The third-order valence-electron chi connectivity index (χ3n) is 4.46. The fourth-order valence-electron chi connectivity index (χ4n) is 3.08. The average molecular weight is 339 g/mol. The summed E-state index contributed by atoms with van der Waals surface area (Å²) in [6.07, 6.45) is 7.26. The number of allylic oxidation sites excluding steroid dienone is 1. The largest absolute Gasteiger partial charge is 0.339 e. The molecule has 132 valence electrons. The van der Waals surface area contributed by atoms with Gasteiger partial charge in [-0.05, 0) is 24.8 Å². The summed E-state index contributed by atoms with van der Waals surface area (Å²) in [6, 6.07) is 10.1. The standard InChI is InChI=1S/C20H25N3O2/c1-15(2)20-21-19(22-25-20)17-12-8-14-23(17)18(24)13-7-6-11-16-9-4-3-5-10-16/h3-6,9-11,15,17H,7-8,12-14H2,1-2H3/b11-6+/t17-/m0/s1. The zero-order valence-corrected chi connectivity index (χ0v) is 14.9. The Bertz CT molecular complexity index is 722. The summed E-state index contributed by atoms with van der Waals surface area (Å²) in [5.74, 6) is 1.65. The van der Waals surface area contributed by atoms with E-state index in [0.717, 1.165) is 31.4 Å². The second kappa shape index (κ2) is 8.10. The summed E-state index contributed by atoms with van der Waals surface area (Å²) >= 11 is 0. The summed E-state index contributed by atoms with van der Waals surface area (Å²) in [7, 11) is 0. The molecule has 1 fully saturated rings. The second-order valence-corrected chi connectivity index (χ2v) is 6.74. The van der Waals surface area contributed by atoms with Crippen molar-refractivity contribution >= 4 is 12.0 Å². The molecular formula is C20H25N3O2. The van der Waals surface area contributed by atoms with Crippen LogP contribution in [0.1, 0.15) is 68.8 Å². The Hall–Kier alpha value is -2.43. The first kappa shape index (κ1) is 17.4. The molecule has 1 aliphatic heterocycles. The molecule has 0 unspecified atom stereocenters. The predicted molar refractivity (Wildman–Crippen MR) is 96.8 cm³/mol. The predicted octanol–water partition coefficient (Wildman–Crippen LogP) is 4.35. The minimum Gasteiger partial charge on any atom is -0.339 e. The average Bonchev–Trinajstić information content (AvgIpc) is 3.28. The maximum absolute atomic E-state index is 12.6. The Morgan fingerprint density at radius 1 is 1.36 bits per heavy atom. The van der Waals surface area contributed by atoms with Crippen LogP contribution in [0.5, 0.6) is 0 Å². The highest BCUT2D eigenvalue weighted by atomic mass is 16.5. The van der Waals surface area contributed by atoms with E-state index >= 15 is 0 Å². The van der Waals surface area contributed by atoms with Gasteiger partial charge < -0.3 is 9.42 Å². The topological polar surface area (TPSA) is 59.2 Å².